The summed E-state index contributed by atoms with van der Waals surface area (Å²) in [5.74, 6) is -0.742. The SMILES string of the molecule is COc1ccc(C)cc1C(=O)c1cccc(Cl)c1F. The van der Waals surface area contributed by atoms with E-state index in [9.17, 15) is 9.18 Å². The van der Waals surface area contributed by atoms with E-state index < -0.39 is 11.6 Å². The Labute approximate surface area is 115 Å². The molecule has 19 heavy (non-hydrogen) atoms. The Hall–Kier alpha value is -1.87. The molecule has 2 aromatic carbocycles. The van der Waals surface area contributed by atoms with Gasteiger partial charge in [-0.25, -0.2) is 4.39 Å². The molecule has 2 rings (SSSR count). The molecule has 0 atom stereocenters. The number of hydrogen-bond acceptors (Lipinski definition) is 2. The van der Waals surface area contributed by atoms with Gasteiger partial charge in [0.15, 0.2) is 11.6 Å². The van der Waals surface area contributed by atoms with Gasteiger partial charge in [0, 0.05) is 0 Å². The van der Waals surface area contributed by atoms with Crippen molar-refractivity contribution < 1.29 is 13.9 Å². The topological polar surface area (TPSA) is 26.3 Å². The lowest BCUT2D eigenvalue weighted by Gasteiger charge is -2.09. The third-order valence-corrected chi connectivity index (χ3v) is 3.09. The molecule has 0 aromatic heterocycles. The van der Waals surface area contributed by atoms with Crippen LogP contribution in [0.3, 0.4) is 0 Å². The summed E-state index contributed by atoms with van der Waals surface area (Å²) in [7, 11) is 1.47. The average molecular weight is 279 g/mol. The number of aryl methyl sites for hydroxylation is 1. The van der Waals surface area contributed by atoms with E-state index in [1.165, 1.54) is 19.2 Å². The fraction of sp³-hybridized carbons (Fsp3) is 0.133. The number of ether oxygens (including phenoxy) is 1. The molecule has 0 heterocycles. The summed E-state index contributed by atoms with van der Waals surface area (Å²) in [6, 6.07) is 9.53. The Balaban J connectivity index is 2.56. The maximum Gasteiger partial charge on any atom is 0.199 e. The first-order valence-corrected chi connectivity index (χ1v) is 6.05. The number of carbonyl (C=O) groups excluding carboxylic acids is 1. The summed E-state index contributed by atoms with van der Waals surface area (Å²) in [6.07, 6.45) is 0. The fourth-order valence-electron chi connectivity index (χ4n) is 1.82. The van der Waals surface area contributed by atoms with Crippen LogP contribution in [0.5, 0.6) is 5.75 Å². The zero-order valence-electron chi connectivity index (χ0n) is 10.5. The summed E-state index contributed by atoms with van der Waals surface area (Å²) < 4.78 is 19.0. The summed E-state index contributed by atoms with van der Waals surface area (Å²) in [5, 5.41) is -0.0718. The zero-order valence-corrected chi connectivity index (χ0v) is 11.3. The Kier molecular flexibility index (Phi) is 3.86. The minimum atomic E-state index is -0.710. The van der Waals surface area contributed by atoms with Crippen molar-refractivity contribution in [1.82, 2.24) is 0 Å². The number of carbonyl (C=O) groups is 1. The third-order valence-electron chi connectivity index (χ3n) is 2.80. The first-order valence-electron chi connectivity index (χ1n) is 5.68. The van der Waals surface area contributed by atoms with Crippen LogP contribution in [0.25, 0.3) is 0 Å². The number of halogens is 2. The molecule has 0 saturated heterocycles. The standard InChI is InChI=1S/C15H12ClFO2/c1-9-6-7-13(19-2)11(8-9)15(18)10-4-3-5-12(16)14(10)17/h3-8H,1-2H3. The van der Waals surface area contributed by atoms with Crippen molar-refractivity contribution in [1.29, 1.82) is 0 Å². The van der Waals surface area contributed by atoms with E-state index in [-0.39, 0.29) is 10.6 Å². The van der Waals surface area contributed by atoms with E-state index in [0.717, 1.165) is 5.56 Å². The summed E-state index contributed by atoms with van der Waals surface area (Å²) in [5.41, 5.74) is 1.16. The van der Waals surface area contributed by atoms with Crippen LogP contribution in [0, 0.1) is 12.7 Å². The predicted octanol–water partition coefficient (Wildman–Crippen LogP) is 4.03. The minimum Gasteiger partial charge on any atom is -0.496 e. The number of methoxy groups -OCH3 is 1. The molecule has 0 bridgehead atoms. The van der Waals surface area contributed by atoms with Gasteiger partial charge in [0.2, 0.25) is 0 Å². The average Bonchev–Trinajstić information content (AvgIpc) is 2.41. The smallest absolute Gasteiger partial charge is 0.199 e. The van der Waals surface area contributed by atoms with Gasteiger partial charge >= 0.3 is 0 Å². The van der Waals surface area contributed by atoms with Gasteiger partial charge in [-0.1, -0.05) is 29.3 Å². The quantitative estimate of drug-likeness (QED) is 0.793. The van der Waals surface area contributed by atoms with E-state index in [0.29, 0.717) is 11.3 Å². The van der Waals surface area contributed by atoms with E-state index >= 15 is 0 Å². The summed E-state index contributed by atoms with van der Waals surface area (Å²) in [6.45, 7) is 1.85. The van der Waals surface area contributed by atoms with Crippen LogP contribution >= 0.6 is 11.6 Å². The lowest BCUT2D eigenvalue weighted by molar-refractivity contribution is 0.103. The van der Waals surface area contributed by atoms with Crippen molar-refractivity contribution in [3.05, 3.63) is 63.9 Å². The second-order valence-electron chi connectivity index (χ2n) is 4.13. The van der Waals surface area contributed by atoms with Crippen LogP contribution < -0.4 is 4.74 Å². The van der Waals surface area contributed by atoms with Crippen LogP contribution in [0.1, 0.15) is 21.5 Å². The molecule has 0 aliphatic rings. The van der Waals surface area contributed by atoms with Crippen molar-refractivity contribution in [3.63, 3.8) is 0 Å². The fourth-order valence-corrected chi connectivity index (χ4v) is 2.00. The van der Waals surface area contributed by atoms with E-state index in [1.807, 2.05) is 13.0 Å². The van der Waals surface area contributed by atoms with Crippen molar-refractivity contribution in [3.8, 4) is 5.75 Å². The van der Waals surface area contributed by atoms with Crippen molar-refractivity contribution >= 4 is 17.4 Å². The molecule has 0 N–H and O–H groups in total. The van der Waals surface area contributed by atoms with E-state index in [2.05, 4.69) is 0 Å². The largest absolute Gasteiger partial charge is 0.496 e. The molecular weight excluding hydrogens is 267 g/mol. The van der Waals surface area contributed by atoms with Crippen LogP contribution in [0.2, 0.25) is 5.02 Å². The summed E-state index contributed by atoms with van der Waals surface area (Å²) in [4.78, 5) is 12.4. The normalized spacial score (nSPS) is 10.3. The minimum absolute atomic E-state index is 0.0589. The highest BCUT2D eigenvalue weighted by Crippen LogP contribution is 2.26. The van der Waals surface area contributed by atoms with Crippen LogP contribution in [-0.2, 0) is 0 Å². The van der Waals surface area contributed by atoms with Crippen molar-refractivity contribution in [2.75, 3.05) is 7.11 Å². The van der Waals surface area contributed by atoms with Gasteiger partial charge in [-0.05, 0) is 31.2 Å². The molecule has 0 aliphatic heterocycles. The second kappa shape index (κ2) is 5.41. The molecule has 2 aromatic rings. The number of hydrogen-bond donors (Lipinski definition) is 0. The highest BCUT2D eigenvalue weighted by molar-refractivity contribution is 6.31. The van der Waals surface area contributed by atoms with Gasteiger partial charge in [-0.2, -0.15) is 0 Å². The molecule has 2 nitrogen and oxygen atoms in total. The Morgan fingerprint density at radius 3 is 2.63 bits per heavy atom. The highest BCUT2D eigenvalue weighted by atomic mass is 35.5. The summed E-state index contributed by atoms with van der Waals surface area (Å²) >= 11 is 5.69. The molecule has 0 unspecified atom stereocenters. The van der Waals surface area contributed by atoms with Crippen LogP contribution in [0.15, 0.2) is 36.4 Å². The van der Waals surface area contributed by atoms with Crippen LogP contribution in [0.4, 0.5) is 4.39 Å². The number of benzene rings is 2. The molecule has 0 saturated carbocycles. The highest BCUT2D eigenvalue weighted by Gasteiger charge is 2.19. The predicted molar refractivity (Wildman–Crippen MR) is 72.6 cm³/mol. The molecule has 0 fully saturated rings. The van der Waals surface area contributed by atoms with E-state index in [4.69, 9.17) is 16.3 Å². The Morgan fingerprint density at radius 2 is 1.95 bits per heavy atom. The second-order valence-corrected chi connectivity index (χ2v) is 4.54. The van der Waals surface area contributed by atoms with Crippen molar-refractivity contribution in [2.24, 2.45) is 0 Å². The maximum absolute atomic E-state index is 13.9. The third kappa shape index (κ3) is 2.61. The first-order chi connectivity index (χ1) is 9.04. The van der Waals surface area contributed by atoms with Gasteiger partial charge in [0.05, 0.1) is 23.3 Å². The number of rotatable bonds is 3. The van der Waals surface area contributed by atoms with Crippen molar-refractivity contribution in [2.45, 2.75) is 6.92 Å². The Morgan fingerprint density at radius 1 is 1.21 bits per heavy atom. The monoisotopic (exact) mass is 278 g/mol. The molecule has 0 spiro atoms. The molecule has 0 radical (unpaired) electrons. The molecular formula is C15H12ClFO2. The zero-order chi connectivity index (χ0) is 14.0. The van der Waals surface area contributed by atoms with Gasteiger partial charge < -0.3 is 4.74 Å². The van der Waals surface area contributed by atoms with Gasteiger partial charge in [0.25, 0.3) is 0 Å². The lowest BCUT2D eigenvalue weighted by atomic mass is 10.00. The van der Waals surface area contributed by atoms with Gasteiger partial charge in [-0.15, -0.1) is 0 Å². The maximum atomic E-state index is 13.9. The van der Waals surface area contributed by atoms with Gasteiger partial charge in [-0.3, -0.25) is 4.79 Å². The van der Waals surface area contributed by atoms with Crippen LogP contribution in [-0.4, -0.2) is 12.9 Å². The first kappa shape index (κ1) is 13.6. The molecule has 0 aliphatic carbocycles. The number of ketones is 1. The molecule has 0 amide bonds. The van der Waals surface area contributed by atoms with Gasteiger partial charge in [0.1, 0.15) is 5.75 Å². The molecule has 4 heteroatoms. The Bertz CT molecular complexity index is 638. The lowest BCUT2D eigenvalue weighted by Crippen LogP contribution is -2.07. The molecule has 98 valence electrons. The van der Waals surface area contributed by atoms with E-state index in [1.54, 1.807) is 18.2 Å².